The molecule has 2 fully saturated rings. The van der Waals surface area contributed by atoms with Gasteiger partial charge in [0.2, 0.25) is 5.91 Å². The second kappa shape index (κ2) is 9.30. The van der Waals surface area contributed by atoms with Gasteiger partial charge in [0.15, 0.2) is 0 Å². The van der Waals surface area contributed by atoms with Gasteiger partial charge in [-0.15, -0.1) is 0 Å². The van der Waals surface area contributed by atoms with Gasteiger partial charge >= 0.3 is 6.03 Å². The molecule has 2 saturated heterocycles. The number of nitrogens with zero attached hydrogens (tertiary/aromatic N) is 3. The highest BCUT2D eigenvalue weighted by Crippen LogP contribution is 2.30. The molecule has 1 atom stereocenters. The number of nitrogens with two attached hydrogens (primary N) is 1. The SMILES string of the molecule is NC(=O)N1CCC[C@@H](C(=O)N2CCN(C(c3ccccc3)c3ccccc3)CC2)C1. The Kier molecular flexibility index (Phi) is 6.33. The lowest BCUT2D eigenvalue weighted by Crippen LogP contribution is -2.54. The van der Waals surface area contributed by atoms with Gasteiger partial charge in [-0.1, -0.05) is 60.7 Å². The minimum absolute atomic E-state index is 0.128. The average molecular weight is 407 g/mol. The number of benzene rings is 2. The molecule has 30 heavy (non-hydrogen) atoms. The molecule has 2 aromatic carbocycles. The van der Waals surface area contributed by atoms with Crippen molar-refractivity contribution in [3.8, 4) is 0 Å². The Morgan fingerprint density at radius 3 is 1.90 bits per heavy atom. The molecule has 0 aromatic heterocycles. The molecule has 0 saturated carbocycles. The number of carbonyl (C=O) groups is 2. The molecule has 6 nitrogen and oxygen atoms in total. The normalized spacial score (nSPS) is 20.4. The maximum Gasteiger partial charge on any atom is 0.314 e. The maximum atomic E-state index is 13.1. The Hall–Kier alpha value is -2.86. The van der Waals surface area contributed by atoms with Crippen LogP contribution in [0, 0.1) is 5.92 Å². The van der Waals surface area contributed by atoms with Gasteiger partial charge in [0.25, 0.3) is 0 Å². The molecular formula is C24H30N4O2. The second-order valence-electron chi connectivity index (χ2n) is 8.21. The van der Waals surface area contributed by atoms with Crippen molar-refractivity contribution in [3.63, 3.8) is 0 Å². The largest absolute Gasteiger partial charge is 0.351 e. The molecule has 3 amide bonds. The quantitative estimate of drug-likeness (QED) is 0.849. The number of carbonyl (C=O) groups excluding carboxylic acids is 2. The van der Waals surface area contributed by atoms with Gasteiger partial charge in [-0.25, -0.2) is 4.79 Å². The van der Waals surface area contributed by atoms with E-state index in [1.165, 1.54) is 11.1 Å². The smallest absolute Gasteiger partial charge is 0.314 e. The Bertz CT molecular complexity index is 811. The van der Waals surface area contributed by atoms with Crippen molar-refractivity contribution >= 4 is 11.9 Å². The van der Waals surface area contributed by atoms with Crippen molar-refractivity contribution in [1.82, 2.24) is 14.7 Å². The van der Waals surface area contributed by atoms with Crippen LogP contribution in [-0.4, -0.2) is 65.9 Å². The number of piperidine rings is 1. The van der Waals surface area contributed by atoms with E-state index in [9.17, 15) is 9.59 Å². The number of hydrogen-bond donors (Lipinski definition) is 1. The van der Waals surface area contributed by atoms with Crippen LogP contribution in [-0.2, 0) is 4.79 Å². The van der Waals surface area contributed by atoms with E-state index in [-0.39, 0.29) is 17.9 Å². The van der Waals surface area contributed by atoms with Gasteiger partial charge in [0.1, 0.15) is 0 Å². The van der Waals surface area contributed by atoms with Gasteiger partial charge < -0.3 is 15.5 Å². The van der Waals surface area contributed by atoms with E-state index < -0.39 is 6.03 Å². The van der Waals surface area contributed by atoms with E-state index in [1.807, 2.05) is 17.0 Å². The van der Waals surface area contributed by atoms with Crippen LogP contribution in [0.5, 0.6) is 0 Å². The Morgan fingerprint density at radius 1 is 0.800 bits per heavy atom. The van der Waals surface area contributed by atoms with Crippen LogP contribution in [0.1, 0.15) is 30.0 Å². The lowest BCUT2D eigenvalue weighted by molar-refractivity contribution is -0.138. The fraction of sp³-hybridized carbons (Fsp3) is 0.417. The third kappa shape index (κ3) is 4.49. The molecule has 2 aliphatic heterocycles. The first kappa shape index (κ1) is 20.4. The predicted octanol–water partition coefficient (Wildman–Crippen LogP) is 2.71. The number of primary amides is 1. The van der Waals surface area contributed by atoms with E-state index >= 15 is 0 Å². The summed E-state index contributed by atoms with van der Waals surface area (Å²) in [5, 5.41) is 0. The van der Waals surface area contributed by atoms with Crippen LogP contribution in [0.25, 0.3) is 0 Å². The summed E-state index contributed by atoms with van der Waals surface area (Å²) in [5.41, 5.74) is 7.97. The monoisotopic (exact) mass is 406 g/mol. The van der Waals surface area contributed by atoms with Crippen molar-refractivity contribution in [2.75, 3.05) is 39.3 Å². The lowest BCUT2D eigenvalue weighted by Gasteiger charge is -2.41. The third-order valence-corrected chi connectivity index (χ3v) is 6.30. The van der Waals surface area contributed by atoms with Gasteiger partial charge in [0, 0.05) is 39.3 Å². The van der Waals surface area contributed by atoms with Crippen molar-refractivity contribution in [3.05, 3.63) is 71.8 Å². The Balaban J connectivity index is 1.43. The zero-order valence-electron chi connectivity index (χ0n) is 17.3. The summed E-state index contributed by atoms with van der Waals surface area (Å²) >= 11 is 0. The van der Waals surface area contributed by atoms with Crippen molar-refractivity contribution < 1.29 is 9.59 Å². The first-order valence-corrected chi connectivity index (χ1v) is 10.8. The molecule has 2 heterocycles. The molecule has 158 valence electrons. The third-order valence-electron chi connectivity index (χ3n) is 6.30. The molecule has 0 radical (unpaired) electrons. The van der Waals surface area contributed by atoms with Crippen LogP contribution in [0.2, 0.25) is 0 Å². The lowest BCUT2D eigenvalue weighted by atomic mass is 9.95. The number of amides is 3. The van der Waals surface area contributed by atoms with E-state index in [4.69, 9.17) is 5.73 Å². The molecule has 2 aliphatic rings. The van der Waals surface area contributed by atoms with Crippen molar-refractivity contribution in [2.24, 2.45) is 11.7 Å². The average Bonchev–Trinajstić information content (AvgIpc) is 2.81. The standard InChI is InChI=1S/C24H30N4O2/c25-24(30)28-13-7-12-21(18-28)23(29)27-16-14-26(15-17-27)22(19-8-3-1-4-9-19)20-10-5-2-6-11-20/h1-6,8-11,21-22H,7,12-18H2,(H2,25,30)/t21-/m1/s1. The molecule has 6 heteroatoms. The molecule has 2 N–H and O–H groups in total. The predicted molar refractivity (Wildman–Crippen MR) is 117 cm³/mol. The van der Waals surface area contributed by atoms with Crippen molar-refractivity contribution in [2.45, 2.75) is 18.9 Å². The summed E-state index contributed by atoms with van der Waals surface area (Å²) in [6.07, 6.45) is 1.67. The Morgan fingerprint density at radius 2 is 1.37 bits per heavy atom. The summed E-state index contributed by atoms with van der Waals surface area (Å²) in [6.45, 7) is 4.18. The summed E-state index contributed by atoms with van der Waals surface area (Å²) in [4.78, 5) is 30.6. The summed E-state index contributed by atoms with van der Waals surface area (Å²) in [6, 6.07) is 20.9. The topological polar surface area (TPSA) is 69.9 Å². The zero-order valence-corrected chi connectivity index (χ0v) is 17.3. The first-order valence-electron chi connectivity index (χ1n) is 10.8. The van der Waals surface area contributed by atoms with Crippen molar-refractivity contribution in [1.29, 1.82) is 0 Å². The molecule has 4 rings (SSSR count). The van der Waals surface area contributed by atoms with Gasteiger partial charge in [0.05, 0.1) is 12.0 Å². The minimum atomic E-state index is -0.425. The van der Waals surface area contributed by atoms with Crippen LogP contribution >= 0.6 is 0 Å². The molecule has 2 aromatic rings. The fourth-order valence-corrected chi connectivity index (χ4v) is 4.72. The maximum absolute atomic E-state index is 13.1. The highest BCUT2D eigenvalue weighted by atomic mass is 16.2. The van der Waals surface area contributed by atoms with Gasteiger partial charge in [-0.3, -0.25) is 9.69 Å². The van der Waals surface area contributed by atoms with Crippen LogP contribution in [0.15, 0.2) is 60.7 Å². The number of hydrogen-bond acceptors (Lipinski definition) is 3. The van der Waals surface area contributed by atoms with Gasteiger partial charge in [-0.05, 0) is 24.0 Å². The summed E-state index contributed by atoms with van der Waals surface area (Å²) < 4.78 is 0. The molecule has 0 spiro atoms. The number of piperazine rings is 1. The zero-order chi connectivity index (χ0) is 20.9. The molecule has 0 bridgehead atoms. The highest BCUT2D eigenvalue weighted by molar-refractivity contribution is 5.80. The Labute approximate surface area is 178 Å². The van der Waals surface area contributed by atoms with Crippen LogP contribution in [0.4, 0.5) is 4.79 Å². The number of likely N-dealkylation sites (tertiary alicyclic amines) is 1. The number of urea groups is 1. The van der Waals surface area contributed by atoms with E-state index in [0.29, 0.717) is 26.2 Å². The summed E-state index contributed by atoms with van der Waals surface area (Å²) in [5.74, 6) is 0.0356. The van der Waals surface area contributed by atoms with Crippen LogP contribution in [0.3, 0.4) is 0 Å². The molecular weight excluding hydrogens is 376 g/mol. The summed E-state index contributed by atoms with van der Waals surface area (Å²) in [7, 11) is 0. The highest BCUT2D eigenvalue weighted by Gasteiger charge is 2.33. The first-order chi connectivity index (χ1) is 14.6. The number of rotatable bonds is 4. The molecule has 0 unspecified atom stereocenters. The van der Waals surface area contributed by atoms with Crippen LogP contribution < -0.4 is 5.73 Å². The second-order valence-corrected chi connectivity index (χ2v) is 8.21. The van der Waals surface area contributed by atoms with E-state index in [1.54, 1.807) is 4.90 Å². The van der Waals surface area contributed by atoms with E-state index in [2.05, 4.69) is 53.4 Å². The fourth-order valence-electron chi connectivity index (χ4n) is 4.72. The van der Waals surface area contributed by atoms with Gasteiger partial charge in [-0.2, -0.15) is 0 Å². The van der Waals surface area contributed by atoms with E-state index in [0.717, 1.165) is 25.9 Å². The molecule has 0 aliphatic carbocycles. The minimum Gasteiger partial charge on any atom is -0.351 e.